The van der Waals surface area contributed by atoms with Gasteiger partial charge < -0.3 is 16.4 Å². The lowest BCUT2D eigenvalue weighted by molar-refractivity contribution is 0.345. The smallest absolute Gasteiger partial charge is 0.222 e. The molecule has 9 heteroatoms. The van der Waals surface area contributed by atoms with Crippen LogP contribution in [0.1, 0.15) is 30.1 Å². The van der Waals surface area contributed by atoms with Crippen molar-refractivity contribution in [2.75, 3.05) is 17.7 Å². The molecule has 1 fully saturated rings. The second kappa shape index (κ2) is 8.24. The predicted octanol–water partition coefficient (Wildman–Crippen LogP) is 1.53. The molecule has 2 aromatic heterocycles. The molecule has 7 nitrogen and oxygen atoms in total. The van der Waals surface area contributed by atoms with Crippen LogP contribution in [0.3, 0.4) is 0 Å². The summed E-state index contributed by atoms with van der Waals surface area (Å²) in [7, 11) is 1.95. The van der Waals surface area contributed by atoms with Gasteiger partial charge in [0, 0.05) is 37.5 Å². The van der Waals surface area contributed by atoms with Crippen molar-refractivity contribution in [2.24, 2.45) is 5.73 Å². The lowest BCUT2D eigenvalue weighted by Gasteiger charge is -2.32. The fraction of sp³-hybridized carbons (Fsp3) is 0.429. The molecule has 126 valence electrons. The topological polar surface area (TPSA) is 107 Å². The van der Waals surface area contributed by atoms with E-state index in [9.17, 15) is 0 Å². The second-order valence-corrected chi connectivity index (χ2v) is 5.49. The molecule has 0 atom stereocenters. The first-order valence-electron chi connectivity index (χ1n) is 6.98. The zero-order chi connectivity index (χ0) is 14.8. The van der Waals surface area contributed by atoms with Gasteiger partial charge in [-0.1, -0.05) is 0 Å². The van der Waals surface area contributed by atoms with Crippen molar-refractivity contribution < 1.29 is 0 Å². The third kappa shape index (κ3) is 4.63. The Morgan fingerprint density at radius 1 is 1.22 bits per heavy atom. The van der Waals surface area contributed by atoms with Crippen LogP contribution in [-0.2, 0) is 6.54 Å². The van der Waals surface area contributed by atoms with Crippen LogP contribution in [0.15, 0.2) is 24.7 Å². The summed E-state index contributed by atoms with van der Waals surface area (Å²) < 4.78 is 0. The highest BCUT2D eigenvalue weighted by Crippen LogP contribution is 2.35. The first-order valence-corrected chi connectivity index (χ1v) is 6.98. The van der Waals surface area contributed by atoms with E-state index in [0.717, 1.165) is 30.0 Å². The van der Waals surface area contributed by atoms with Gasteiger partial charge in [0.05, 0.1) is 24.1 Å². The maximum atomic E-state index is 5.84. The van der Waals surface area contributed by atoms with Gasteiger partial charge in [-0.05, 0) is 12.8 Å². The van der Waals surface area contributed by atoms with Crippen LogP contribution in [-0.4, -0.2) is 33.0 Å². The molecule has 0 aromatic carbocycles. The highest BCUT2D eigenvalue weighted by atomic mass is 35.5. The molecular formula is C14H21Cl2N7. The summed E-state index contributed by atoms with van der Waals surface area (Å²) in [5.74, 6) is 1.49. The van der Waals surface area contributed by atoms with Gasteiger partial charge in [0.1, 0.15) is 5.82 Å². The van der Waals surface area contributed by atoms with Gasteiger partial charge in [-0.3, -0.25) is 9.97 Å². The summed E-state index contributed by atoms with van der Waals surface area (Å²) in [6.45, 7) is 0.619. The van der Waals surface area contributed by atoms with E-state index in [2.05, 4.69) is 19.9 Å². The van der Waals surface area contributed by atoms with Crippen LogP contribution in [0.5, 0.6) is 0 Å². The molecule has 0 saturated heterocycles. The average Bonchev–Trinajstić information content (AvgIpc) is 2.44. The van der Waals surface area contributed by atoms with Gasteiger partial charge in [0.25, 0.3) is 0 Å². The summed E-state index contributed by atoms with van der Waals surface area (Å²) in [4.78, 5) is 19.0. The Kier molecular flexibility index (Phi) is 6.93. The lowest BCUT2D eigenvalue weighted by Crippen LogP contribution is -2.35. The molecule has 0 aliphatic heterocycles. The second-order valence-electron chi connectivity index (χ2n) is 5.49. The summed E-state index contributed by atoms with van der Waals surface area (Å²) in [6.07, 6.45) is 7.00. The molecule has 0 amide bonds. The Morgan fingerprint density at radius 2 is 1.96 bits per heavy atom. The van der Waals surface area contributed by atoms with Crippen molar-refractivity contribution >= 4 is 36.6 Å². The molecule has 4 N–H and O–H groups in total. The summed E-state index contributed by atoms with van der Waals surface area (Å²) in [6, 6.07) is 2.27. The zero-order valence-corrected chi connectivity index (χ0v) is 14.4. The van der Waals surface area contributed by atoms with Gasteiger partial charge in [0.2, 0.25) is 5.95 Å². The molecule has 0 radical (unpaired) electrons. The molecule has 23 heavy (non-hydrogen) atoms. The van der Waals surface area contributed by atoms with Gasteiger partial charge in [-0.25, -0.2) is 4.98 Å². The zero-order valence-electron chi connectivity index (χ0n) is 12.8. The molecule has 0 bridgehead atoms. The van der Waals surface area contributed by atoms with Crippen LogP contribution in [0.4, 0.5) is 11.8 Å². The molecule has 0 spiro atoms. The number of hydrogen-bond donors (Lipinski definition) is 2. The number of rotatable bonds is 4. The Labute approximate surface area is 147 Å². The fourth-order valence-corrected chi connectivity index (χ4v) is 2.52. The van der Waals surface area contributed by atoms with Crippen molar-refractivity contribution in [3.8, 4) is 0 Å². The molecule has 2 heterocycles. The van der Waals surface area contributed by atoms with Gasteiger partial charge in [-0.2, -0.15) is 4.98 Å². The number of hydrogen-bond acceptors (Lipinski definition) is 7. The van der Waals surface area contributed by atoms with Crippen molar-refractivity contribution in [3.63, 3.8) is 0 Å². The lowest BCUT2D eigenvalue weighted by atomic mass is 9.78. The maximum Gasteiger partial charge on any atom is 0.222 e. The van der Waals surface area contributed by atoms with E-state index >= 15 is 0 Å². The fourth-order valence-electron chi connectivity index (χ4n) is 2.52. The Morgan fingerprint density at radius 3 is 2.57 bits per heavy atom. The minimum Gasteiger partial charge on any atom is -0.368 e. The molecular weight excluding hydrogens is 337 g/mol. The Balaban J connectivity index is 0.00000132. The quantitative estimate of drug-likeness (QED) is 0.854. The number of nitrogens with two attached hydrogens (primary N) is 2. The van der Waals surface area contributed by atoms with E-state index in [4.69, 9.17) is 11.5 Å². The van der Waals surface area contributed by atoms with E-state index in [1.807, 2.05) is 18.0 Å². The predicted molar refractivity (Wildman–Crippen MR) is 95.0 cm³/mol. The summed E-state index contributed by atoms with van der Waals surface area (Å²) >= 11 is 0. The molecule has 0 unspecified atom stereocenters. The summed E-state index contributed by atoms with van der Waals surface area (Å²) in [5, 5.41) is 0. The normalized spacial score (nSPS) is 19.0. The van der Waals surface area contributed by atoms with E-state index in [0.29, 0.717) is 18.4 Å². The minimum atomic E-state index is 0. The largest absolute Gasteiger partial charge is 0.368 e. The van der Waals surface area contributed by atoms with Crippen LogP contribution < -0.4 is 16.4 Å². The van der Waals surface area contributed by atoms with Crippen LogP contribution in [0.25, 0.3) is 0 Å². The first-order chi connectivity index (χ1) is 10.1. The van der Waals surface area contributed by atoms with Crippen molar-refractivity contribution in [1.29, 1.82) is 0 Å². The molecule has 1 saturated carbocycles. The third-order valence-corrected chi connectivity index (χ3v) is 3.75. The average molecular weight is 358 g/mol. The minimum absolute atomic E-state index is 0. The van der Waals surface area contributed by atoms with Crippen molar-refractivity contribution in [3.05, 3.63) is 36.0 Å². The van der Waals surface area contributed by atoms with Crippen molar-refractivity contribution in [2.45, 2.75) is 31.3 Å². The number of aromatic nitrogens is 4. The SMILES string of the molecule is CN(Cc1cnccn1)c1cc(C2CC(N)C2)nc(N)n1.Cl.Cl. The van der Waals surface area contributed by atoms with Crippen LogP contribution in [0.2, 0.25) is 0 Å². The van der Waals surface area contributed by atoms with Gasteiger partial charge >= 0.3 is 0 Å². The van der Waals surface area contributed by atoms with Crippen LogP contribution >= 0.6 is 24.8 Å². The van der Waals surface area contributed by atoms with E-state index < -0.39 is 0 Å². The number of nitrogen functional groups attached to an aromatic ring is 1. The standard InChI is InChI=1S/C14H19N7.2ClH/c1-21(8-11-7-17-2-3-18-11)13-6-12(19-14(16)20-13)9-4-10(15)5-9;;/h2-3,6-7,9-10H,4-5,8,15H2,1H3,(H2,16,19,20);2*1H. The Bertz CT molecular complexity index is 620. The van der Waals surface area contributed by atoms with Gasteiger partial charge in [-0.15, -0.1) is 24.8 Å². The molecule has 1 aliphatic carbocycles. The first kappa shape index (κ1) is 19.3. The van der Waals surface area contributed by atoms with E-state index in [1.54, 1.807) is 18.6 Å². The molecule has 2 aromatic rings. The number of anilines is 2. The van der Waals surface area contributed by atoms with E-state index in [-0.39, 0.29) is 30.9 Å². The highest BCUT2D eigenvalue weighted by Gasteiger charge is 2.29. The Hall–Kier alpha value is -1.70. The van der Waals surface area contributed by atoms with Gasteiger partial charge in [0.15, 0.2) is 0 Å². The van der Waals surface area contributed by atoms with Crippen LogP contribution in [0, 0.1) is 0 Å². The molecule has 1 aliphatic rings. The van der Waals surface area contributed by atoms with E-state index in [1.165, 1.54) is 0 Å². The number of nitrogens with zero attached hydrogens (tertiary/aromatic N) is 5. The third-order valence-electron chi connectivity index (χ3n) is 3.75. The molecule has 3 rings (SSSR count). The highest BCUT2D eigenvalue weighted by molar-refractivity contribution is 5.85. The number of halogens is 2. The van der Waals surface area contributed by atoms with Crippen molar-refractivity contribution in [1.82, 2.24) is 19.9 Å². The maximum absolute atomic E-state index is 5.84. The summed E-state index contributed by atoms with van der Waals surface area (Å²) in [5.41, 5.74) is 13.5. The monoisotopic (exact) mass is 357 g/mol.